The van der Waals surface area contributed by atoms with E-state index in [0.29, 0.717) is 22.4 Å². The molecule has 0 unspecified atom stereocenters. The van der Waals surface area contributed by atoms with E-state index in [4.69, 9.17) is 27.9 Å². The predicted molar refractivity (Wildman–Crippen MR) is 86.2 cm³/mol. The lowest BCUT2D eigenvalue weighted by Crippen LogP contribution is -2.17. The van der Waals surface area contributed by atoms with Crippen LogP contribution in [0.3, 0.4) is 0 Å². The van der Waals surface area contributed by atoms with Crippen LogP contribution in [0.25, 0.3) is 0 Å². The number of nitrogens with zero attached hydrogens (tertiary/aromatic N) is 2. The number of halogens is 2. The van der Waals surface area contributed by atoms with Crippen molar-refractivity contribution in [2.24, 2.45) is 4.99 Å². The molecule has 0 radical (unpaired) electrons. The van der Waals surface area contributed by atoms with Crippen molar-refractivity contribution in [1.82, 2.24) is 0 Å². The highest BCUT2D eigenvalue weighted by Gasteiger charge is 2.13. The lowest BCUT2D eigenvalue weighted by Gasteiger charge is -2.23. The molecule has 0 atom stereocenters. The van der Waals surface area contributed by atoms with Gasteiger partial charge in [-0.25, -0.2) is 4.99 Å². The SMILES string of the molecule is COc1cc(N(C)C2=CCC(Cl)=NC=C2C)ccc1Cl. The van der Waals surface area contributed by atoms with Gasteiger partial charge in [0.25, 0.3) is 0 Å². The minimum atomic E-state index is 0.585. The van der Waals surface area contributed by atoms with Crippen molar-refractivity contribution in [3.8, 4) is 5.75 Å². The molecule has 2 rings (SSSR count). The van der Waals surface area contributed by atoms with E-state index < -0.39 is 0 Å². The van der Waals surface area contributed by atoms with Crippen molar-refractivity contribution < 1.29 is 4.74 Å². The fraction of sp³-hybridized carbons (Fsp3) is 0.267. The number of methoxy groups -OCH3 is 1. The summed E-state index contributed by atoms with van der Waals surface area (Å²) < 4.78 is 5.26. The molecule has 0 spiro atoms. The Bertz CT molecular complexity index is 606. The van der Waals surface area contributed by atoms with Gasteiger partial charge in [0.05, 0.1) is 12.1 Å². The lowest BCUT2D eigenvalue weighted by molar-refractivity contribution is 0.415. The molecular weight excluding hydrogens is 295 g/mol. The van der Waals surface area contributed by atoms with Crippen LogP contribution < -0.4 is 9.64 Å². The number of allylic oxidation sites excluding steroid dienone is 2. The third-order valence-electron chi connectivity index (χ3n) is 3.15. The Balaban J connectivity index is 2.34. The van der Waals surface area contributed by atoms with Crippen LogP contribution in [0.2, 0.25) is 5.02 Å². The van der Waals surface area contributed by atoms with E-state index in [1.54, 1.807) is 13.3 Å². The van der Waals surface area contributed by atoms with Gasteiger partial charge in [0.15, 0.2) is 0 Å². The average Bonchev–Trinajstić information content (AvgIpc) is 2.61. The van der Waals surface area contributed by atoms with Crippen LogP contribution in [-0.4, -0.2) is 19.3 Å². The Morgan fingerprint density at radius 3 is 2.75 bits per heavy atom. The first-order valence-corrected chi connectivity index (χ1v) is 6.95. The van der Waals surface area contributed by atoms with E-state index in [1.165, 1.54) is 0 Å². The van der Waals surface area contributed by atoms with E-state index in [9.17, 15) is 0 Å². The van der Waals surface area contributed by atoms with Gasteiger partial charge in [0.1, 0.15) is 10.9 Å². The van der Waals surface area contributed by atoms with Crippen molar-refractivity contribution in [2.75, 3.05) is 19.1 Å². The molecule has 0 saturated carbocycles. The molecule has 1 aliphatic rings. The van der Waals surface area contributed by atoms with E-state index in [2.05, 4.69) is 16.0 Å². The molecule has 0 saturated heterocycles. The number of rotatable bonds is 3. The zero-order valence-electron chi connectivity index (χ0n) is 11.7. The van der Waals surface area contributed by atoms with Crippen LogP contribution in [0.5, 0.6) is 5.75 Å². The first-order chi connectivity index (χ1) is 9.52. The average molecular weight is 311 g/mol. The van der Waals surface area contributed by atoms with Gasteiger partial charge in [-0.2, -0.15) is 0 Å². The first-order valence-electron chi connectivity index (χ1n) is 6.19. The molecule has 1 aliphatic heterocycles. The van der Waals surface area contributed by atoms with Gasteiger partial charge in [-0.05, 0) is 24.6 Å². The van der Waals surface area contributed by atoms with E-state index in [1.807, 2.05) is 32.2 Å². The number of aliphatic imine (C=N–C) groups is 1. The van der Waals surface area contributed by atoms with Crippen LogP contribution in [-0.2, 0) is 0 Å². The molecule has 0 bridgehead atoms. The molecule has 5 heteroatoms. The maximum atomic E-state index is 6.06. The second-order valence-corrected chi connectivity index (χ2v) is 5.33. The molecule has 0 N–H and O–H groups in total. The number of benzene rings is 1. The quantitative estimate of drug-likeness (QED) is 0.814. The van der Waals surface area contributed by atoms with Gasteiger partial charge in [-0.15, -0.1) is 0 Å². The number of likely N-dealkylation sites (N-methyl/N-ethyl adjacent to an activating group) is 1. The number of anilines is 1. The molecule has 20 heavy (non-hydrogen) atoms. The third-order valence-corrected chi connectivity index (χ3v) is 3.71. The van der Waals surface area contributed by atoms with E-state index in [-0.39, 0.29) is 0 Å². The highest BCUT2D eigenvalue weighted by atomic mass is 35.5. The molecule has 3 nitrogen and oxygen atoms in total. The summed E-state index contributed by atoms with van der Waals surface area (Å²) in [6, 6.07) is 5.68. The fourth-order valence-corrected chi connectivity index (χ4v) is 2.35. The molecule has 1 aromatic rings. The maximum Gasteiger partial charge on any atom is 0.139 e. The standard InChI is InChI=1S/C15H16Cl2N2O/c1-10-9-18-15(17)7-6-13(10)19(2)11-4-5-12(16)14(8-11)20-3/h4-6,8-9H,7H2,1-3H3. The minimum Gasteiger partial charge on any atom is -0.495 e. The smallest absolute Gasteiger partial charge is 0.139 e. The summed E-state index contributed by atoms with van der Waals surface area (Å²) in [6.07, 6.45) is 4.47. The summed E-state index contributed by atoms with van der Waals surface area (Å²) in [5.74, 6) is 0.654. The van der Waals surface area contributed by atoms with Crippen molar-refractivity contribution in [3.63, 3.8) is 0 Å². The molecule has 1 heterocycles. The summed E-state index contributed by atoms with van der Waals surface area (Å²) in [4.78, 5) is 6.24. The topological polar surface area (TPSA) is 24.8 Å². The Hall–Kier alpha value is -1.45. The summed E-state index contributed by atoms with van der Waals surface area (Å²) in [6.45, 7) is 2.01. The van der Waals surface area contributed by atoms with E-state index in [0.717, 1.165) is 17.0 Å². The molecule has 106 valence electrons. The summed E-state index contributed by atoms with van der Waals surface area (Å²) in [5, 5.41) is 1.18. The Kier molecular flexibility index (Phi) is 4.73. The monoisotopic (exact) mass is 310 g/mol. The molecular formula is C15H16Cl2N2O. The Morgan fingerprint density at radius 2 is 2.05 bits per heavy atom. The maximum absolute atomic E-state index is 6.06. The summed E-state index contributed by atoms with van der Waals surface area (Å²) in [5.41, 5.74) is 3.11. The zero-order valence-corrected chi connectivity index (χ0v) is 13.2. The third kappa shape index (κ3) is 3.17. The number of hydrogen-bond donors (Lipinski definition) is 0. The number of hydrogen-bond acceptors (Lipinski definition) is 3. The largest absolute Gasteiger partial charge is 0.495 e. The van der Waals surface area contributed by atoms with Gasteiger partial charge in [0, 0.05) is 37.1 Å². The molecule has 0 aromatic heterocycles. The summed E-state index contributed by atoms with van der Waals surface area (Å²) >= 11 is 12.0. The van der Waals surface area contributed by atoms with Crippen LogP contribution in [0.1, 0.15) is 13.3 Å². The normalized spacial score (nSPS) is 14.9. The predicted octanol–water partition coefficient (Wildman–Crippen LogP) is 4.61. The van der Waals surface area contributed by atoms with Gasteiger partial charge in [0.2, 0.25) is 0 Å². The van der Waals surface area contributed by atoms with Gasteiger partial charge < -0.3 is 9.64 Å². The second kappa shape index (κ2) is 6.33. The highest BCUT2D eigenvalue weighted by Crippen LogP contribution is 2.32. The van der Waals surface area contributed by atoms with Crippen LogP contribution in [0.4, 0.5) is 5.69 Å². The molecule has 0 fully saturated rings. The Labute approximate surface area is 129 Å². The van der Waals surface area contributed by atoms with Crippen molar-refractivity contribution in [1.29, 1.82) is 0 Å². The number of ether oxygens (including phenoxy) is 1. The van der Waals surface area contributed by atoms with E-state index >= 15 is 0 Å². The Morgan fingerprint density at radius 1 is 1.30 bits per heavy atom. The molecule has 1 aromatic carbocycles. The molecule has 0 aliphatic carbocycles. The zero-order chi connectivity index (χ0) is 14.7. The van der Waals surface area contributed by atoms with Crippen LogP contribution in [0, 0.1) is 0 Å². The van der Waals surface area contributed by atoms with Crippen molar-refractivity contribution in [3.05, 3.63) is 46.8 Å². The van der Waals surface area contributed by atoms with Gasteiger partial charge in [-0.1, -0.05) is 29.3 Å². The summed E-state index contributed by atoms with van der Waals surface area (Å²) in [7, 11) is 3.60. The van der Waals surface area contributed by atoms with Crippen molar-refractivity contribution in [2.45, 2.75) is 13.3 Å². The minimum absolute atomic E-state index is 0.585. The molecule has 0 amide bonds. The first kappa shape index (κ1) is 14.9. The lowest BCUT2D eigenvalue weighted by atomic mass is 10.1. The van der Waals surface area contributed by atoms with Crippen LogP contribution >= 0.6 is 23.2 Å². The highest BCUT2D eigenvalue weighted by molar-refractivity contribution is 6.65. The van der Waals surface area contributed by atoms with Gasteiger partial charge in [-0.3, -0.25) is 0 Å². The van der Waals surface area contributed by atoms with Crippen molar-refractivity contribution >= 4 is 34.1 Å². The second-order valence-electron chi connectivity index (χ2n) is 4.49. The van der Waals surface area contributed by atoms with Crippen LogP contribution in [0.15, 0.2) is 46.7 Å². The fourth-order valence-electron chi connectivity index (χ4n) is 2.03. The van der Waals surface area contributed by atoms with Gasteiger partial charge >= 0.3 is 0 Å².